The van der Waals surface area contributed by atoms with Gasteiger partial charge in [0.2, 0.25) is 0 Å². The van der Waals surface area contributed by atoms with Crippen LogP contribution in [0.15, 0.2) is 12.2 Å². The Balaban J connectivity index is 0. The van der Waals surface area contributed by atoms with Crippen LogP contribution >= 0.6 is 0 Å². The van der Waals surface area contributed by atoms with E-state index < -0.39 is 5.97 Å². The van der Waals surface area contributed by atoms with Gasteiger partial charge in [0.25, 0.3) is 0 Å². The minimum Gasteiger partial charge on any atom is -0.545 e. The predicted molar refractivity (Wildman–Crippen MR) is 38.3 cm³/mol. The molecule has 2 nitrogen and oxygen atoms in total. The summed E-state index contributed by atoms with van der Waals surface area (Å²) in [4.78, 5) is 9.83. The van der Waals surface area contributed by atoms with Crippen molar-refractivity contribution in [3.63, 3.8) is 0 Å². The molecule has 0 unspecified atom stereocenters. The first kappa shape index (κ1) is 14.4. The molecule has 11 heavy (non-hydrogen) atoms. The van der Waals surface area contributed by atoms with E-state index in [-0.39, 0.29) is 51.4 Å². The molecule has 0 N–H and O–H groups in total. The number of hydrogen-bond acceptors (Lipinski definition) is 2. The van der Waals surface area contributed by atoms with Crippen LogP contribution in [0.4, 0.5) is 0 Å². The number of rotatable bonds is 5. The zero-order valence-electron chi connectivity index (χ0n) is 7.30. The quantitative estimate of drug-likeness (QED) is 0.276. The standard InChI is InChI=1S/C8H14O2.K/c1-2-3-4-5-6-7-8(9)10;/h6-7H,2-5H2,1H3,(H,9,10);/q;+1/p-1/b7-6-;. The molecule has 0 aliphatic heterocycles. The van der Waals surface area contributed by atoms with Crippen LogP contribution in [0, 0.1) is 0 Å². The smallest absolute Gasteiger partial charge is 0.545 e. The maximum absolute atomic E-state index is 9.83. The minimum absolute atomic E-state index is 0. The molecule has 0 spiro atoms. The molecule has 3 heteroatoms. The molecule has 0 aromatic carbocycles. The Hall–Kier alpha value is 0.846. The van der Waals surface area contributed by atoms with Crippen LogP contribution in [0.1, 0.15) is 32.6 Å². The molecule has 0 saturated heterocycles. The van der Waals surface area contributed by atoms with Gasteiger partial charge in [-0.1, -0.05) is 25.8 Å². The largest absolute Gasteiger partial charge is 1.00 e. The second-order valence-corrected chi connectivity index (χ2v) is 2.22. The molecule has 0 aliphatic carbocycles. The third-order valence-electron chi connectivity index (χ3n) is 1.23. The van der Waals surface area contributed by atoms with Gasteiger partial charge in [0.05, 0.1) is 5.97 Å². The molecule has 0 aromatic rings. The number of carboxylic acid groups (broad SMARTS) is 1. The molecule has 0 aromatic heterocycles. The molecular weight excluding hydrogens is 167 g/mol. The Morgan fingerprint density at radius 3 is 2.55 bits per heavy atom. The summed E-state index contributed by atoms with van der Waals surface area (Å²) in [6.07, 6.45) is 6.99. The zero-order valence-corrected chi connectivity index (χ0v) is 10.4. The topological polar surface area (TPSA) is 40.1 Å². The molecule has 0 rings (SSSR count). The van der Waals surface area contributed by atoms with Gasteiger partial charge >= 0.3 is 51.4 Å². The van der Waals surface area contributed by atoms with Gasteiger partial charge in [-0.05, 0) is 18.9 Å². The third kappa shape index (κ3) is 13.8. The van der Waals surface area contributed by atoms with E-state index in [9.17, 15) is 9.90 Å². The van der Waals surface area contributed by atoms with Gasteiger partial charge in [-0.2, -0.15) is 0 Å². The monoisotopic (exact) mass is 180 g/mol. The summed E-state index contributed by atoms with van der Waals surface area (Å²) in [7, 11) is 0. The average Bonchev–Trinajstić information content (AvgIpc) is 1.87. The van der Waals surface area contributed by atoms with Crippen LogP contribution in [-0.2, 0) is 4.79 Å². The molecule has 0 fully saturated rings. The van der Waals surface area contributed by atoms with Crippen LogP contribution in [0.3, 0.4) is 0 Å². The summed E-state index contributed by atoms with van der Waals surface area (Å²) in [6.45, 7) is 2.11. The van der Waals surface area contributed by atoms with E-state index in [1.54, 1.807) is 6.08 Å². The zero-order chi connectivity index (χ0) is 7.82. The second kappa shape index (κ2) is 10.8. The molecule has 58 valence electrons. The van der Waals surface area contributed by atoms with Gasteiger partial charge in [-0.3, -0.25) is 0 Å². The predicted octanol–water partition coefficient (Wildman–Crippen LogP) is -2.12. The Labute approximate surface area is 110 Å². The van der Waals surface area contributed by atoms with Crippen LogP contribution in [0.2, 0.25) is 0 Å². The van der Waals surface area contributed by atoms with Crippen molar-refractivity contribution in [2.75, 3.05) is 0 Å². The maximum Gasteiger partial charge on any atom is 1.00 e. The Morgan fingerprint density at radius 1 is 1.45 bits per heavy atom. The van der Waals surface area contributed by atoms with Crippen molar-refractivity contribution >= 4 is 5.97 Å². The Morgan fingerprint density at radius 2 is 2.09 bits per heavy atom. The van der Waals surface area contributed by atoms with Crippen molar-refractivity contribution in [3.05, 3.63) is 12.2 Å². The van der Waals surface area contributed by atoms with Gasteiger partial charge in [0.1, 0.15) is 0 Å². The van der Waals surface area contributed by atoms with Crippen molar-refractivity contribution in [1.29, 1.82) is 0 Å². The Bertz CT molecular complexity index is 121. The molecule has 0 amide bonds. The van der Waals surface area contributed by atoms with Crippen molar-refractivity contribution in [2.45, 2.75) is 32.6 Å². The third-order valence-corrected chi connectivity index (χ3v) is 1.23. The summed E-state index contributed by atoms with van der Waals surface area (Å²) in [5.74, 6) is -1.10. The number of unbranched alkanes of at least 4 members (excludes halogenated alkanes) is 3. The summed E-state index contributed by atoms with van der Waals surface area (Å²) in [6, 6.07) is 0. The molecule has 0 aliphatic rings. The van der Waals surface area contributed by atoms with E-state index in [1.165, 1.54) is 6.42 Å². The van der Waals surface area contributed by atoms with Gasteiger partial charge in [-0.25, -0.2) is 0 Å². The van der Waals surface area contributed by atoms with E-state index in [0.717, 1.165) is 25.3 Å². The number of carboxylic acids is 1. The molecule has 0 radical (unpaired) electrons. The molecular formula is C8H13KO2. The Kier molecular flexibility index (Phi) is 14.2. The fraction of sp³-hybridized carbons (Fsp3) is 0.625. The van der Waals surface area contributed by atoms with Gasteiger partial charge in [-0.15, -0.1) is 0 Å². The van der Waals surface area contributed by atoms with Crippen molar-refractivity contribution in [2.24, 2.45) is 0 Å². The molecule has 0 atom stereocenters. The number of aliphatic carboxylic acids is 1. The van der Waals surface area contributed by atoms with Crippen molar-refractivity contribution in [3.8, 4) is 0 Å². The number of allylic oxidation sites excluding steroid dienone is 1. The summed E-state index contributed by atoms with van der Waals surface area (Å²) in [5.41, 5.74) is 0. The number of carbonyl (C=O) groups is 1. The van der Waals surface area contributed by atoms with E-state index in [0.29, 0.717) is 0 Å². The first-order valence-corrected chi connectivity index (χ1v) is 3.65. The second-order valence-electron chi connectivity index (χ2n) is 2.22. The number of hydrogen-bond donors (Lipinski definition) is 0. The van der Waals surface area contributed by atoms with E-state index in [1.807, 2.05) is 0 Å². The van der Waals surface area contributed by atoms with Crippen molar-refractivity contribution in [1.82, 2.24) is 0 Å². The molecule has 0 saturated carbocycles. The number of carbonyl (C=O) groups excluding carboxylic acids is 1. The average molecular weight is 180 g/mol. The molecule has 0 heterocycles. The van der Waals surface area contributed by atoms with Gasteiger partial charge in [0.15, 0.2) is 0 Å². The van der Waals surface area contributed by atoms with Crippen LogP contribution in [-0.4, -0.2) is 5.97 Å². The van der Waals surface area contributed by atoms with E-state index in [4.69, 9.17) is 0 Å². The summed E-state index contributed by atoms with van der Waals surface area (Å²) in [5, 5.41) is 9.83. The molecule has 0 bridgehead atoms. The SMILES string of the molecule is CCCCC/C=C\C(=O)[O-].[K+]. The first-order chi connectivity index (χ1) is 4.77. The van der Waals surface area contributed by atoms with Crippen molar-refractivity contribution < 1.29 is 61.3 Å². The van der Waals surface area contributed by atoms with Gasteiger partial charge < -0.3 is 9.90 Å². The summed E-state index contributed by atoms with van der Waals surface area (Å²) >= 11 is 0. The van der Waals surface area contributed by atoms with Gasteiger partial charge in [0, 0.05) is 0 Å². The fourth-order valence-corrected chi connectivity index (χ4v) is 0.692. The van der Waals surface area contributed by atoms with E-state index >= 15 is 0 Å². The van der Waals surface area contributed by atoms with E-state index in [2.05, 4.69) is 6.92 Å². The maximum atomic E-state index is 9.83. The van der Waals surface area contributed by atoms with Crippen LogP contribution in [0.25, 0.3) is 0 Å². The normalized spacial score (nSPS) is 9.55. The fourth-order valence-electron chi connectivity index (χ4n) is 0.692. The van der Waals surface area contributed by atoms with Crippen LogP contribution < -0.4 is 56.5 Å². The van der Waals surface area contributed by atoms with Crippen LogP contribution in [0.5, 0.6) is 0 Å². The summed E-state index contributed by atoms with van der Waals surface area (Å²) < 4.78 is 0. The first-order valence-electron chi connectivity index (χ1n) is 3.65. The minimum atomic E-state index is -1.10.